The number of carbonyl (C=O) groups excluding carboxylic acids is 1. The predicted octanol–water partition coefficient (Wildman–Crippen LogP) is 4.69. The summed E-state index contributed by atoms with van der Waals surface area (Å²) < 4.78 is 7.32. The number of aromatic hydroxyl groups is 1. The molecule has 7 nitrogen and oxygen atoms in total. The highest BCUT2D eigenvalue weighted by Gasteiger charge is 2.21. The van der Waals surface area contributed by atoms with Crippen LogP contribution in [0.5, 0.6) is 11.5 Å². The van der Waals surface area contributed by atoms with E-state index in [9.17, 15) is 9.90 Å². The van der Waals surface area contributed by atoms with E-state index in [2.05, 4.69) is 15.5 Å². The van der Waals surface area contributed by atoms with Crippen LogP contribution in [0.2, 0.25) is 0 Å². The molecule has 0 spiro atoms. The summed E-state index contributed by atoms with van der Waals surface area (Å²) in [5, 5.41) is 22.4. The number of thioether (sulfide) groups is 1. The van der Waals surface area contributed by atoms with Gasteiger partial charge in [0.05, 0.1) is 24.1 Å². The number of amides is 1. The van der Waals surface area contributed by atoms with Crippen molar-refractivity contribution in [2.45, 2.75) is 12.1 Å². The van der Waals surface area contributed by atoms with Gasteiger partial charge in [-0.2, -0.15) is 0 Å². The van der Waals surface area contributed by atoms with Crippen molar-refractivity contribution in [1.82, 2.24) is 14.8 Å². The van der Waals surface area contributed by atoms with Crippen molar-refractivity contribution in [3.8, 4) is 28.6 Å². The molecule has 8 heteroatoms. The second kappa shape index (κ2) is 9.57. The molecule has 1 amide bonds. The van der Waals surface area contributed by atoms with Gasteiger partial charge in [-0.3, -0.25) is 9.36 Å². The molecular weight excluding hydrogens is 424 g/mol. The molecular formula is C24H22N4O3S. The van der Waals surface area contributed by atoms with Gasteiger partial charge in [0.2, 0.25) is 5.91 Å². The average Bonchev–Trinajstić information content (AvgIpc) is 3.23. The predicted molar refractivity (Wildman–Crippen MR) is 126 cm³/mol. The third kappa shape index (κ3) is 4.60. The Kier molecular flexibility index (Phi) is 6.42. The fourth-order valence-corrected chi connectivity index (χ4v) is 3.94. The highest BCUT2D eigenvalue weighted by Crippen LogP contribution is 2.35. The van der Waals surface area contributed by atoms with Crippen LogP contribution in [0.15, 0.2) is 78.0 Å². The van der Waals surface area contributed by atoms with Crippen molar-refractivity contribution >= 4 is 23.4 Å². The van der Waals surface area contributed by atoms with E-state index < -0.39 is 0 Å². The largest absolute Gasteiger partial charge is 0.507 e. The van der Waals surface area contributed by atoms with Crippen LogP contribution in [0.1, 0.15) is 5.56 Å². The summed E-state index contributed by atoms with van der Waals surface area (Å²) in [6.07, 6.45) is 0. The van der Waals surface area contributed by atoms with E-state index in [1.807, 2.05) is 61.5 Å². The first-order valence-electron chi connectivity index (χ1n) is 9.93. The van der Waals surface area contributed by atoms with Gasteiger partial charge in [0, 0.05) is 5.69 Å². The number of aromatic nitrogens is 3. The minimum Gasteiger partial charge on any atom is -0.507 e. The third-order valence-electron chi connectivity index (χ3n) is 4.77. The van der Waals surface area contributed by atoms with E-state index in [-0.39, 0.29) is 17.4 Å². The van der Waals surface area contributed by atoms with Crippen LogP contribution in [-0.2, 0) is 4.79 Å². The van der Waals surface area contributed by atoms with E-state index in [0.29, 0.717) is 28.0 Å². The average molecular weight is 447 g/mol. The SMILES string of the molecule is COc1ccccc1-n1c(SCC(=O)Nc2ccc(C)cc2)nnc1-c1ccccc1O. The molecule has 0 atom stereocenters. The summed E-state index contributed by atoms with van der Waals surface area (Å²) in [7, 11) is 1.59. The number of nitrogens with one attached hydrogen (secondary N) is 1. The third-order valence-corrected chi connectivity index (χ3v) is 5.70. The minimum absolute atomic E-state index is 0.0877. The summed E-state index contributed by atoms with van der Waals surface area (Å²) in [4.78, 5) is 12.5. The lowest BCUT2D eigenvalue weighted by Crippen LogP contribution is -2.14. The highest BCUT2D eigenvalue weighted by molar-refractivity contribution is 7.99. The maximum Gasteiger partial charge on any atom is 0.234 e. The Morgan fingerprint density at radius 2 is 1.75 bits per heavy atom. The quantitative estimate of drug-likeness (QED) is 0.401. The monoisotopic (exact) mass is 446 g/mol. The van der Waals surface area contributed by atoms with Gasteiger partial charge >= 0.3 is 0 Å². The lowest BCUT2D eigenvalue weighted by atomic mass is 10.2. The molecule has 0 saturated carbocycles. The number of para-hydroxylation sites is 3. The summed E-state index contributed by atoms with van der Waals surface area (Å²) in [6, 6.07) is 22.0. The number of aryl methyl sites for hydroxylation is 1. The zero-order chi connectivity index (χ0) is 22.5. The molecule has 0 unspecified atom stereocenters. The molecule has 0 aliphatic rings. The number of rotatable bonds is 7. The van der Waals surface area contributed by atoms with Crippen molar-refractivity contribution in [1.29, 1.82) is 0 Å². The van der Waals surface area contributed by atoms with Gasteiger partial charge in [0.15, 0.2) is 11.0 Å². The smallest absolute Gasteiger partial charge is 0.234 e. The molecule has 1 aromatic heterocycles. The Labute approximate surface area is 190 Å². The van der Waals surface area contributed by atoms with Crippen molar-refractivity contribution in [2.75, 3.05) is 18.2 Å². The number of phenols is 1. The van der Waals surface area contributed by atoms with E-state index in [4.69, 9.17) is 4.74 Å². The lowest BCUT2D eigenvalue weighted by Gasteiger charge is -2.14. The molecule has 0 aliphatic carbocycles. The van der Waals surface area contributed by atoms with Gasteiger partial charge < -0.3 is 15.2 Å². The summed E-state index contributed by atoms with van der Waals surface area (Å²) in [6.45, 7) is 1.99. The zero-order valence-corrected chi connectivity index (χ0v) is 18.5. The van der Waals surface area contributed by atoms with E-state index >= 15 is 0 Å². The maximum absolute atomic E-state index is 12.5. The second-order valence-electron chi connectivity index (χ2n) is 7.03. The minimum atomic E-state index is -0.155. The van der Waals surface area contributed by atoms with Gasteiger partial charge in [-0.15, -0.1) is 10.2 Å². The van der Waals surface area contributed by atoms with Crippen LogP contribution in [0.25, 0.3) is 17.1 Å². The maximum atomic E-state index is 12.5. The Morgan fingerprint density at radius 1 is 1.03 bits per heavy atom. The normalized spacial score (nSPS) is 10.7. The fraction of sp³-hybridized carbons (Fsp3) is 0.125. The number of benzene rings is 3. The van der Waals surface area contributed by atoms with E-state index in [1.165, 1.54) is 11.8 Å². The Balaban J connectivity index is 1.65. The van der Waals surface area contributed by atoms with E-state index in [1.54, 1.807) is 29.9 Å². The molecule has 0 saturated heterocycles. The number of anilines is 1. The molecule has 162 valence electrons. The number of ether oxygens (including phenoxy) is 1. The van der Waals surface area contributed by atoms with Crippen LogP contribution in [-0.4, -0.2) is 38.6 Å². The molecule has 0 radical (unpaired) electrons. The molecule has 0 fully saturated rings. The standard InChI is InChI=1S/C24H22N4O3S/c1-16-11-13-17(14-12-16)25-22(30)15-32-24-27-26-23(18-7-3-5-9-20(18)29)28(24)19-8-4-6-10-21(19)31-2/h3-14,29H,15H2,1-2H3,(H,25,30). The Hall–Kier alpha value is -3.78. The van der Waals surface area contributed by atoms with E-state index in [0.717, 1.165) is 11.3 Å². The highest BCUT2D eigenvalue weighted by atomic mass is 32.2. The molecule has 4 rings (SSSR count). The van der Waals surface area contributed by atoms with Crippen molar-refractivity contribution in [2.24, 2.45) is 0 Å². The lowest BCUT2D eigenvalue weighted by molar-refractivity contribution is -0.113. The Bertz CT molecular complexity index is 1240. The van der Waals surface area contributed by atoms with Gasteiger partial charge in [-0.25, -0.2) is 0 Å². The Morgan fingerprint density at radius 3 is 2.50 bits per heavy atom. The fourth-order valence-electron chi connectivity index (χ4n) is 3.20. The van der Waals surface area contributed by atoms with Crippen molar-refractivity contribution in [3.05, 3.63) is 78.4 Å². The first-order chi connectivity index (χ1) is 15.6. The molecule has 0 bridgehead atoms. The van der Waals surface area contributed by atoms with Crippen LogP contribution in [0, 0.1) is 6.92 Å². The number of hydrogen-bond acceptors (Lipinski definition) is 6. The second-order valence-corrected chi connectivity index (χ2v) is 7.98. The van der Waals surface area contributed by atoms with Crippen LogP contribution in [0.3, 0.4) is 0 Å². The number of methoxy groups -OCH3 is 1. The first-order valence-corrected chi connectivity index (χ1v) is 10.9. The molecule has 0 aliphatic heterocycles. The van der Waals surface area contributed by atoms with Gasteiger partial charge in [0.1, 0.15) is 11.5 Å². The molecule has 3 aromatic carbocycles. The van der Waals surface area contributed by atoms with Crippen LogP contribution >= 0.6 is 11.8 Å². The number of nitrogens with zero attached hydrogens (tertiary/aromatic N) is 3. The zero-order valence-electron chi connectivity index (χ0n) is 17.6. The first kappa shape index (κ1) is 21.5. The summed E-state index contributed by atoms with van der Waals surface area (Å²) in [5.74, 6) is 1.15. The molecule has 2 N–H and O–H groups in total. The number of carbonyl (C=O) groups is 1. The topological polar surface area (TPSA) is 89.3 Å². The number of hydrogen-bond donors (Lipinski definition) is 2. The summed E-state index contributed by atoms with van der Waals surface area (Å²) in [5.41, 5.74) is 3.10. The summed E-state index contributed by atoms with van der Waals surface area (Å²) >= 11 is 1.25. The van der Waals surface area contributed by atoms with Crippen molar-refractivity contribution in [3.63, 3.8) is 0 Å². The van der Waals surface area contributed by atoms with Crippen LogP contribution in [0.4, 0.5) is 5.69 Å². The van der Waals surface area contributed by atoms with Gasteiger partial charge in [0.25, 0.3) is 0 Å². The molecule has 32 heavy (non-hydrogen) atoms. The van der Waals surface area contributed by atoms with Crippen molar-refractivity contribution < 1.29 is 14.6 Å². The molecule has 1 heterocycles. The van der Waals surface area contributed by atoms with Gasteiger partial charge in [-0.1, -0.05) is 53.7 Å². The van der Waals surface area contributed by atoms with Crippen LogP contribution < -0.4 is 10.1 Å². The number of phenolic OH excluding ortho intramolecular Hbond substituents is 1. The van der Waals surface area contributed by atoms with Gasteiger partial charge in [-0.05, 0) is 43.3 Å². The molecule has 4 aromatic rings.